The molecule has 1 fully saturated rings. The number of nitrogens with one attached hydrogen (secondary N) is 1. The minimum Gasteiger partial charge on any atom is -0.395 e. The molecule has 1 saturated carbocycles. The fourth-order valence-corrected chi connectivity index (χ4v) is 3.89. The topological polar surface area (TPSA) is 104 Å². The highest BCUT2D eigenvalue weighted by Crippen LogP contribution is 2.57. The SMILES string of the molecule is O=C(NCCO)c1ccc2c(c1)N(c1ncc(-c3cccnn3)cn1)CC21CC1. The number of rotatable bonds is 5. The predicted molar refractivity (Wildman–Crippen MR) is 107 cm³/mol. The van der Waals surface area contributed by atoms with Gasteiger partial charge >= 0.3 is 0 Å². The quantitative estimate of drug-likeness (QED) is 0.687. The number of hydrogen-bond acceptors (Lipinski definition) is 7. The molecular weight excluding hydrogens is 368 g/mol. The first-order valence-electron chi connectivity index (χ1n) is 9.61. The van der Waals surface area contributed by atoms with Crippen molar-refractivity contribution in [2.75, 3.05) is 24.6 Å². The van der Waals surface area contributed by atoms with Crippen LogP contribution in [0, 0.1) is 0 Å². The van der Waals surface area contributed by atoms with Crippen LogP contribution in [0.25, 0.3) is 11.3 Å². The van der Waals surface area contributed by atoms with Gasteiger partial charge in [0.05, 0.1) is 12.3 Å². The number of anilines is 2. The number of hydrogen-bond donors (Lipinski definition) is 2. The molecule has 1 aliphatic carbocycles. The van der Waals surface area contributed by atoms with Crippen LogP contribution in [0.5, 0.6) is 0 Å². The van der Waals surface area contributed by atoms with Crippen molar-refractivity contribution in [1.29, 1.82) is 0 Å². The summed E-state index contributed by atoms with van der Waals surface area (Å²) in [5.41, 5.74) is 4.46. The van der Waals surface area contributed by atoms with Gasteiger partial charge in [-0.15, -0.1) is 0 Å². The van der Waals surface area contributed by atoms with E-state index in [1.54, 1.807) is 18.6 Å². The van der Waals surface area contributed by atoms with Crippen molar-refractivity contribution in [3.63, 3.8) is 0 Å². The van der Waals surface area contributed by atoms with Crippen LogP contribution < -0.4 is 10.2 Å². The highest BCUT2D eigenvalue weighted by Gasteiger charge is 2.52. The van der Waals surface area contributed by atoms with E-state index in [4.69, 9.17) is 5.11 Å². The van der Waals surface area contributed by atoms with Crippen LogP contribution in [0.2, 0.25) is 0 Å². The molecule has 29 heavy (non-hydrogen) atoms. The average molecular weight is 388 g/mol. The molecule has 2 N–H and O–H groups in total. The molecule has 5 rings (SSSR count). The third kappa shape index (κ3) is 3.11. The van der Waals surface area contributed by atoms with E-state index < -0.39 is 0 Å². The van der Waals surface area contributed by atoms with Gasteiger partial charge in [-0.05, 0) is 42.7 Å². The molecule has 2 aromatic heterocycles. The van der Waals surface area contributed by atoms with Gasteiger partial charge in [0, 0.05) is 53.9 Å². The minimum absolute atomic E-state index is 0.0854. The molecule has 3 heterocycles. The lowest BCUT2D eigenvalue weighted by Gasteiger charge is -2.18. The Labute approximate surface area is 167 Å². The second-order valence-corrected chi connectivity index (χ2v) is 7.46. The van der Waals surface area contributed by atoms with Crippen LogP contribution in [-0.4, -0.2) is 50.9 Å². The summed E-state index contributed by atoms with van der Waals surface area (Å²) < 4.78 is 0. The zero-order chi connectivity index (χ0) is 19.8. The van der Waals surface area contributed by atoms with Gasteiger partial charge in [-0.1, -0.05) is 6.07 Å². The van der Waals surface area contributed by atoms with Crippen LogP contribution in [0.15, 0.2) is 48.9 Å². The zero-order valence-corrected chi connectivity index (χ0v) is 15.7. The van der Waals surface area contributed by atoms with Crippen LogP contribution >= 0.6 is 0 Å². The molecule has 0 bridgehead atoms. The molecule has 1 aliphatic heterocycles. The molecule has 1 spiro atoms. The normalized spacial score (nSPS) is 16.0. The predicted octanol–water partition coefficient (Wildman–Crippen LogP) is 1.84. The van der Waals surface area contributed by atoms with Gasteiger partial charge in [0.2, 0.25) is 5.95 Å². The number of fused-ring (bicyclic) bond motifs is 2. The summed E-state index contributed by atoms with van der Waals surface area (Å²) in [6, 6.07) is 9.49. The Morgan fingerprint density at radius 3 is 2.72 bits per heavy atom. The summed E-state index contributed by atoms with van der Waals surface area (Å²) in [7, 11) is 0. The van der Waals surface area contributed by atoms with E-state index in [0.29, 0.717) is 11.5 Å². The summed E-state index contributed by atoms with van der Waals surface area (Å²) in [5, 5.41) is 19.6. The van der Waals surface area contributed by atoms with E-state index in [0.717, 1.165) is 36.3 Å². The summed E-state index contributed by atoms with van der Waals surface area (Å²) >= 11 is 0. The van der Waals surface area contributed by atoms with Crippen molar-refractivity contribution in [2.45, 2.75) is 18.3 Å². The van der Waals surface area contributed by atoms with Gasteiger partial charge in [0.25, 0.3) is 5.91 Å². The minimum atomic E-state index is -0.197. The monoisotopic (exact) mass is 388 g/mol. The summed E-state index contributed by atoms with van der Waals surface area (Å²) in [5.74, 6) is 0.410. The first kappa shape index (κ1) is 17.7. The molecule has 146 valence electrons. The Morgan fingerprint density at radius 2 is 2.03 bits per heavy atom. The fourth-order valence-electron chi connectivity index (χ4n) is 3.89. The van der Waals surface area contributed by atoms with Gasteiger partial charge in [-0.25, -0.2) is 9.97 Å². The van der Waals surface area contributed by atoms with Crippen LogP contribution in [-0.2, 0) is 5.41 Å². The molecule has 0 unspecified atom stereocenters. The highest BCUT2D eigenvalue weighted by atomic mass is 16.3. The first-order chi connectivity index (χ1) is 14.2. The Balaban J connectivity index is 1.47. The Kier molecular flexibility index (Phi) is 4.21. The van der Waals surface area contributed by atoms with Gasteiger partial charge in [0.1, 0.15) is 0 Å². The molecule has 8 nitrogen and oxygen atoms in total. The average Bonchev–Trinajstić information content (AvgIpc) is 3.49. The molecule has 3 aromatic rings. The number of benzene rings is 1. The molecule has 0 radical (unpaired) electrons. The molecule has 1 amide bonds. The van der Waals surface area contributed by atoms with Crippen molar-refractivity contribution < 1.29 is 9.90 Å². The van der Waals surface area contributed by atoms with Crippen molar-refractivity contribution in [3.05, 3.63) is 60.0 Å². The lowest BCUT2D eigenvalue weighted by atomic mass is 9.97. The zero-order valence-electron chi connectivity index (χ0n) is 15.7. The number of nitrogens with zero attached hydrogens (tertiary/aromatic N) is 5. The Morgan fingerprint density at radius 1 is 1.21 bits per heavy atom. The second-order valence-electron chi connectivity index (χ2n) is 7.46. The highest BCUT2D eigenvalue weighted by molar-refractivity contribution is 5.96. The standard InChI is InChI=1S/C21H20N6O2/c28-9-8-22-19(29)14-3-4-16-18(10-14)27(13-21(16)5-6-21)20-23-11-15(12-24-20)17-2-1-7-25-26-17/h1-4,7,10-12,28H,5-6,8-9,13H2,(H,22,29). The van der Waals surface area contributed by atoms with Crippen LogP contribution in [0.3, 0.4) is 0 Å². The van der Waals surface area contributed by atoms with Crippen molar-refractivity contribution in [1.82, 2.24) is 25.5 Å². The molecule has 1 aromatic carbocycles. The van der Waals surface area contributed by atoms with E-state index in [-0.39, 0.29) is 24.5 Å². The Hall–Kier alpha value is -3.39. The Bertz CT molecular complexity index is 1050. The van der Waals surface area contributed by atoms with Crippen molar-refractivity contribution in [2.24, 2.45) is 0 Å². The number of carbonyl (C=O) groups excluding carboxylic acids is 1. The van der Waals surface area contributed by atoms with E-state index in [1.807, 2.05) is 30.3 Å². The maximum absolute atomic E-state index is 12.3. The first-order valence-corrected chi connectivity index (χ1v) is 9.61. The van der Waals surface area contributed by atoms with Crippen LogP contribution in [0.1, 0.15) is 28.8 Å². The molecular formula is C21H20N6O2. The third-order valence-corrected chi connectivity index (χ3v) is 5.58. The van der Waals surface area contributed by atoms with Gasteiger partial charge in [-0.2, -0.15) is 10.2 Å². The van der Waals surface area contributed by atoms with E-state index in [9.17, 15) is 4.79 Å². The van der Waals surface area contributed by atoms with Crippen molar-refractivity contribution in [3.8, 4) is 11.3 Å². The fraction of sp³-hybridized carbons (Fsp3) is 0.286. The largest absolute Gasteiger partial charge is 0.395 e. The van der Waals surface area contributed by atoms with Gasteiger partial charge in [0.15, 0.2) is 0 Å². The van der Waals surface area contributed by atoms with Gasteiger partial charge < -0.3 is 15.3 Å². The van der Waals surface area contributed by atoms with E-state index in [2.05, 4.69) is 30.4 Å². The maximum Gasteiger partial charge on any atom is 0.251 e. The molecule has 2 aliphatic rings. The number of carbonyl (C=O) groups is 1. The molecule has 0 saturated heterocycles. The molecule has 0 atom stereocenters. The molecule has 8 heteroatoms. The second kappa shape index (κ2) is 6.89. The van der Waals surface area contributed by atoms with E-state index >= 15 is 0 Å². The lowest BCUT2D eigenvalue weighted by molar-refractivity contribution is 0.0945. The number of aliphatic hydroxyl groups is 1. The third-order valence-electron chi connectivity index (χ3n) is 5.58. The maximum atomic E-state index is 12.3. The van der Waals surface area contributed by atoms with Crippen molar-refractivity contribution >= 4 is 17.5 Å². The summed E-state index contributed by atoms with van der Waals surface area (Å²) in [4.78, 5) is 23.6. The smallest absolute Gasteiger partial charge is 0.251 e. The van der Waals surface area contributed by atoms with E-state index in [1.165, 1.54) is 5.56 Å². The number of aromatic nitrogens is 4. The number of aliphatic hydroxyl groups excluding tert-OH is 1. The van der Waals surface area contributed by atoms with Gasteiger partial charge in [-0.3, -0.25) is 4.79 Å². The lowest BCUT2D eigenvalue weighted by Crippen LogP contribution is -2.26. The van der Waals surface area contributed by atoms with Crippen LogP contribution in [0.4, 0.5) is 11.6 Å². The summed E-state index contributed by atoms with van der Waals surface area (Å²) in [6.07, 6.45) is 7.39. The summed E-state index contributed by atoms with van der Waals surface area (Å²) in [6.45, 7) is 0.961. The number of amides is 1.